The van der Waals surface area contributed by atoms with Gasteiger partial charge in [0.05, 0.1) is 12.0 Å². The average Bonchev–Trinajstić information content (AvgIpc) is 2.49. The molecular formula is C16H15IN2O2. The van der Waals surface area contributed by atoms with Gasteiger partial charge in [-0.1, -0.05) is 24.3 Å². The SMILES string of the molecule is CNC(=O)Cc1ccc(NC(=O)c2ccccc2I)cc1. The average molecular weight is 394 g/mol. The monoisotopic (exact) mass is 394 g/mol. The molecule has 2 aromatic rings. The van der Waals surface area contributed by atoms with Gasteiger partial charge in [-0.3, -0.25) is 9.59 Å². The third-order valence-corrected chi connectivity index (χ3v) is 3.91. The van der Waals surface area contributed by atoms with E-state index in [2.05, 4.69) is 33.2 Å². The van der Waals surface area contributed by atoms with Gasteiger partial charge in [0.1, 0.15) is 0 Å². The number of carbonyl (C=O) groups excluding carboxylic acids is 2. The van der Waals surface area contributed by atoms with Crippen LogP contribution in [0.1, 0.15) is 15.9 Å². The molecule has 2 N–H and O–H groups in total. The molecule has 2 rings (SSSR count). The predicted octanol–water partition coefficient (Wildman–Crippen LogP) is 2.83. The molecule has 0 fully saturated rings. The van der Waals surface area contributed by atoms with Crippen molar-refractivity contribution in [3.05, 3.63) is 63.2 Å². The van der Waals surface area contributed by atoms with E-state index in [1.807, 2.05) is 30.3 Å². The smallest absolute Gasteiger partial charge is 0.256 e. The lowest BCUT2D eigenvalue weighted by molar-refractivity contribution is -0.119. The molecule has 108 valence electrons. The Bertz CT molecular complexity index is 654. The quantitative estimate of drug-likeness (QED) is 0.784. The predicted molar refractivity (Wildman–Crippen MR) is 91.3 cm³/mol. The second kappa shape index (κ2) is 7.21. The van der Waals surface area contributed by atoms with Gasteiger partial charge in [-0.05, 0) is 52.4 Å². The van der Waals surface area contributed by atoms with E-state index in [1.165, 1.54) is 0 Å². The van der Waals surface area contributed by atoms with Gasteiger partial charge in [-0.25, -0.2) is 0 Å². The van der Waals surface area contributed by atoms with Gasteiger partial charge >= 0.3 is 0 Å². The van der Waals surface area contributed by atoms with Crippen LogP contribution in [0.25, 0.3) is 0 Å². The Balaban J connectivity index is 2.05. The summed E-state index contributed by atoms with van der Waals surface area (Å²) in [6.45, 7) is 0. The van der Waals surface area contributed by atoms with Crippen LogP contribution in [-0.2, 0) is 11.2 Å². The van der Waals surface area contributed by atoms with E-state index in [4.69, 9.17) is 0 Å². The molecule has 0 saturated carbocycles. The number of anilines is 1. The normalized spacial score (nSPS) is 10.0. The number of carbonyl (C=O) groups is 2. The molecule has 0 spiro atoms. The van der Waals surface area contributed by atoms with Crippen LogP contribution in [0.3, 0.4) is 0 Å². The molecule has 0 radical (unpaired) electrons. The Morgan fingerprint density at radius 3 is 2.33 bits per heavy atom. The first-order chi connectivity index (χ1) is 10.1. The summed E-state index contributed by atoms with van der Waals surface area (Å²) in [7, 11) is 1.61. The summed E-state index contributed by atoms with van der Waals surface area (Å²) in [5, 5.41) is 5.43. The molecule has 2 aromatic carbocycles. The van der Waals surface area contributed by atoms with E-state index in [1.54, 1.807) is 25.2 Å². The Morgan fingerprint density at radius 1 is 1.05 bits per heavy atom. The molecule has 0 atom stereocenters. The fourth-order valence-electron chi connectivity index (χ4n) is 1.82. The van der Waals surface area contributed by atoms with Gasteiger partial charge in [0.2, 0.25) is 5.91 Å². The summed E-state index contributed by atoms with van der Waals surface area (Å²) in [5.74, 6) is -0.176. The van der Waals surface area contributed by atoms with Crippen molar-refractivity contribution >= 4 is 40.1 Å². The van der Waals surface area contributed by atoms with Crippen molar-refractivity contribution in [1.29, 1.82) is 0 Å². The van der Waals surface area contributed by atoms with E-state index in [0.29, 0.717) is 17.7 Å². The van der Waals surface area contributed by atoms with E-state index < -0.39 is 0 Å². The van der Waals surface area contributed by atoms with Crippen LogP contribution in [0.4, 0.5) is 5.69 Å². The lowest BCUT2D eigenvalue weighted by atomic mass is 10.1. The highest BCUT2D eigenvalue weighted by molar-refractivity contribution is 14.1. The molecule has 0 aliphatic carbocycles. The first-order valence-corrected chi connectivity index (χ1v) is 7.53. The standard InChI is InChI=1S/C16H15IN2O2/c1-18-15(20)10-11-6-8-12(9-7-11)19-16(21)13-4-2-3-5-14(13)17/h2-9H,10H2,1H3,(H,18,20)(H,19,21). The maximum absolute atomic E-state index is 12.2. The van der Waals surface area contributed by atoms with Crippen molar-refractivity contribution in [3.8, 4) is 0 Å². The maximum atomic E-state index is 12.2. The molecule has 0 aliphatic rings. The van der Waals surface area contributed by atoms with Gasteiger partial charge in [-0.2, -0.15) is 0 Å². The number of benzene rings is 2. The molecule has 4 nitrogen and oxygen atoms in total. The summed E-state index contributed by atoms with van der Waals surface area (Å²) in [5.41, 5.74) is 2.26. The highest BCUT2D eigenvalue weighted by Gasteiger charge is 2.09. The van der Waals surface area contributed by atoms with Crippen LogP contribution in [0.15, 0.2) is 48.5 Å². The second-order valence-corrected chi connectivity index (χ2v) is 5.64. The van der Waals surface area contributed by atoms with Gasteiger partial charge in [0.15, 0.2) is 0 Å². The highest BCUT2D eigenvalue weighted by atomic mass is 127. The number of halogens is 1. The number of likely N-dealkylation sites (N-methyl/N-ethyl adjacent to an activating group) is 1. The zero-order valence-corrected chi connectivity index (χ0v) is 13.7. The minimum atomic E-state index is -0.140. The third-order valence-electron chi connectivity index (χ3n) is 2.97. The number of hydrogen-bond acceptors (Lipinski definition) is 2. The summed E-state index contributed by atoms with van der Waals surface area (Å²) < 4.78 is 0.906. The van der Waals surface area contributed by atoms with Crippen molar-refractivity contribution in [1.82, 2.24) is 5.32 Å². The summed E-state index contributed by atoms with van der Waals surface area (Å²) in [6, 6.07) is 14.7. The highest BCUT2D eigenvalue weighted by Crippen LogP contribution is 2.15. The molecule has 2 amide bonds. The van der Waals surface area contributed by atoms with Crippen molar-refractivity contribution in [3.63, 3.8) is 0 Å². The van der Waals surface area contributed by atoms with Crippen LogP contribution in [-0.4, -0.2) is 18.9 Å². The minimum absolute atomic E-state index is 0.0365. The van der Waals surface area contributed by atoms with Crippen molar-refractivity contribution in [2.24, 2.45) is 0 Å². The lowest BCUT2D eigenvalue weighted by Gasteiger charge is -2.07. The van der Waals surface area contributed by atoms with Gasteiger partial charge in [0.25, 0.3) is 5.91 Å². The number of nitrogens with one attached hydrogen (secondary N) is 2. The topological polar surface area (TPSA) is 58.2 Å². The Kier molecular flexibility index (Phi) is 5.32. The van der Waals surface area contributed by atoms with E-state index in [0.717, 1.165) is 9.13 Å². The van der Waals surface area contributed by atoms with E-state index >= 15 is 0 Å². The van der Waals surface area contributed by atoms with Crippen LogP contribution in [0.2, 0.25) is 0 Å². The van der Waals surface area contributed by atoms with Crippen LogP contribution in [0, 0.1) is 3.57 Å². The van der Waals surface area contributed by atoms with Gasteiger partial charge in [0, 0.05) is 16.3 Å². The van der Waals surface area contributed by atoms with Crippen LogP contribution in [0.5, 0.6) is 0 Å². The molecule has 21 heavy (non-hydrogen) atoms. The number of rotatable bonds is 4. The Labute approximate surface area is 137 Å². The first kappa shape index (κ1) is 15.5. The second-order valence-electron chi connectivity index (χ2n) is 4.48. The Morgan fingerprint density at radius 2 is 1.71 bits per heavy atom. The first-order valence-electron chi connectivity index (χ1n) is 6.45. The van der Waals surface area contributed by atoms with Crippen LogP contribution >= 0.6 is 22.6 Å². The maximum Gasteiger partial charge on any atom is 0.256 e. The number of amides is 2. The van der Waals surface area contributed by atoms with Crippen LogP contribution < -0.4 is 10.6 Å². The molecule has 0 aromatic heterocycles. The molecule has 5 heteroatoms. The molecule has 0 aliphatic heterocycles. The van der Waals surface area contributed by atoms with Gasteiger partial charge in [-0.15, -0.1) is 0 Å². The molecule has 0 saturated heterocycles. The summed E-state index contributed by atoms with van der Waals surface area (Å²) in [6.07, 6.45) is 0.335. The van der Waals surface area contributed by atoms with E-state index in [9.17, 15) is 9.59 Å². The fraction of sp³-hybridized carbons (Fsp3) is 0.125. The molecule has 0 bridgehead atoms. The summed E-state index contributed by atoms with van der Waals surface area (Å²) in [4.78, 5) is 23.4. The van der Waals surface area contributed by atoms with Gasteiger partial charge < -0.3 is 10.6 Å². The largest absolute Gasteiger partial charge is 0.359 e. The summed E-state index contributed by atoms with van der Waals surface area (Å²) >= 11 is 2.14. The van der Waals surface area contributed by atoms with Crippen molar-refractivity contribution in [2.45, 2.75) is 6.42 Å². The zero-order chi connectivity index (χ0) is 15.2. The minimum Gasteiger partial charge on any atom is -0.359 e. The molecule has 0 unspecified atom stereocenters. The van der Waals surface area contributed by atoms with Crippen molar-refractivity contribution in [2.75, 3.05) is 12.4 Å². The molecular weight excluding hydrogens is 379 g/mol. The third kappa shape index (κ3) is 4.29. The Hall–Kier alpha value is -1.89. The number of hydrogen-bond donors (Lipinski definition) is 2. The van der Waals surface area contributed by atoms with E-state index in [-0.39, 0.29) is 11.8 Å². The zero-order valence-electron chi connectivity index (χ0n) is 11.5. The molecule has 0 heterocycles. The lowest BCUT2D eigenvalue weighted by Crippen LogP contribution is -2.19. The fourth-order valence-corrected chi connectivity index (χ4v) is 2.46. The van der Waals surface area contributed by atoms with Crippen molar-refractivity contribution < 1.29 is 9.59 Å².